The number of amides is 2. The number of carbonyl (C=O) groups excluding carboxylic acids is 2. The fourth-order valence-corrected chi connectivity index (χ4v) is 1.14. The smallest absolute Gasteiger partial charge is 0.239 e. The summed E-state index contributed by atoms with van der Waals surface area (Å²) < 4.78 is 0. The molecule has 0 aromatic carbocycles. The average molecular weight is 199 g/mol. The summed E-state index contributed by atoms with van der Waals surface area (Å²) in [6.45, 7) is 1.70. The monoisotopic (exact) mass is 199 g/mol. The van der Waals surface area contributed by atoms with Gasteiger partial charge in [0.15, 0.2) is 0 Å². The van der Waals surface area contributed by atoms with Crippen molar-refractivity contribution in [3.63, 3.8) is 0 Å². The highest BCUT2D eigenvalue weighted by Crippen LogP contribution is 2.18. The minimum atomic E-state index is -0.547. The number of carbonyl (C=O) groups is 2. The number of hydrogen-bond acceptors (Lipinski definition) is 3. The van der Waals surface area contributed by atoms with Crippen LogP contribution in [-0.2, 0) is 9.59 Å². The molecule has 0 spiro atoms. The van der Waals surface area contributed by atoms with Gasteiger partial charge in [-0.25, -0.2) is 0 Å². The normalized spacial score (nSPS) is 17.4. The van der Waals surface area contributed by atoms with Crippen molar-refractivity contribution in [2.75, 3.05) is 13.6 Å². The van der Waals surface area contributed by atoms with E-state index in [1.54, 1.807) is 14.0 Å². The van der Waals surface area contributed by atoms with Gasteiger partial charge in [-0.3, -0.25) is 9.59 Å². The molecule has 5 heteroatoms. The molecule has 1 aliphatic rings. The predicted octanol–water partition coefficient (Wildman–Crippen LogP) is -0.929. The fourth-order valence-electron chi connectivity index (χ4n) is 1.14. The maximum Gasteiger partial charge on any atom is 0.239 e. The Kier molecular flexibility index (Phi) is 3.46. The molecular weight excluding hydrogens is 182 g/mol. The molecule has 0 bridgehead atoms. The molecule has 0 aromatic heterocycles. The fraction of sp³-hybridized carbons (Fsp3) is 0.778. The maximum absolute atomic E-state index is 11.3. The molecule has 1 atom stereocenters. The molecule has 0 aromatic rings. The summed E-state index contributed by atoms with van der Waals surface area (Å²) in [6.07, 6.45) is 2.10. The second kappa shape index (κ2) is 4.41. The summed E-state index contributed by atoms with van der Waals surface area (Å²) in [5.74, 6) is -0.319. The second-order valence-corrected chi connectivity index (χ2v) is 3.82. The van der Waals surface area contributed by atoms with E-state index in [9.17, 15) is 9.59 Å². The highest BCUT2D eigenvalue weighted by Gasteiger charge is 2.24. The van der Waals surface area contributed by atoms with Crippen LogP contribution in [-0.4, -0.2) is 42.4 Å². The van der Waals surface area contributed by atoms with Gasteiger partial charge in [-0.1, -0.05) is 0 Å². The van der Waals surface area contributed by atoms with Crippen LogP contribution in [0.25, 0.3) is 0 Å². The molecule has 0 unspecified atom stereocenters. The van der Waals surface area contributed by atoms with Crippen molar-refractivity contribution in [1.82, 2.24) is 10.2 Å². The summed E-state index contributed by atoms with van der Waals surface area (Å²) in [5, 5.41) is 2.80. The van der Waals surface area contributed by atoms with E-state index in [4.69, 9.17) is 5.73 Å². The number of nitrogens with two attached hydrogens (primary N) is 1. The van der Waals surface area contributed by atoms with Crippen molar-refractivity contribution in [3.05, 3.63) is 0 Å². The Hall–Kier alpha value is -1.10. The van der Waals surface area contributed by atoms with Gasteiger partial charge in [0, 0.05) is 13.1 Å². The van der Waals surface area contributed by atoms with Crippen molar-refractivity contribution in [3.8, 4) is 0 Å². The molecule has 0 aliphatic heterocycles. The minimum Gasteiger partial charge on any atom is -0.352 e. The summed E-state index contributed by atoms with van der Waals surface area (Å²) >= 11 is 0. The molecule has 0 saturated heterocycles. The Morgan fingerprint density at radius 3 is 2.57 bits per heavy atom. The molecular formula is C9H17N3O2. The van der Waals surface area contributed by atoms with Gasteiger partial charge in [0.1, 0.15) is 0 Å². The van der Waals surface area contributed by atoms with Crippen LogP contribution < -0.4 is 11.1 Å². The highest BCUT2D eigenvalue weighted by atomic mass is 16.2. The second-order valence-electron chi connectivity index (χ2n) is 3.82. The summed E-state index contributed by atoms with van der Waals surface area (Å²) in [7, 11) is 1.58. The Balaban J connectivity index is 2.27. The lowest BCUT2D eigenvalue weighted by atomic mass is 10.3. The van der Waals surface area contributed by atoms with E-state index in [0.717, 1.165) is 12.8 Å². The van der Waals surface area contributed by atoms with E-state index in [1.165, 1.54) is 4.90 Å². The van der Waals surface area contributed by atoms with Gasteiger partial charge >= 0.3 is 0 Å². The minimum absolute atomic E-state index is 0.0941. The lowest BCUT2D eigenvalue weighted by Crippen LogP contribution is -2.45. The van der Waals surface area contributed by atoms with Gasteiger partial charge < -0.3 is 16.0 Å². The lowest BCUT2D eigenvalue weighted by Gasteiger charge is -2.18. The zero-order valence-electron chi connectivity index (χ0n) is 8.62. The van der Waals surface area contributed by atoms with Crippen molar-refractivity contribution < 1.29 is 9.59 Å². The molecule has 2 amide bonds. The number of likely N-dealkylation sites (N-methyl/N-ethyl adjacent to an activating group) is 1. The summed E-state index contributed by atoms with van der Waals surface area (Å²) in [4.78, 5) is 23.9. The van der Waals surface area contributed by atoms with Crippen molar-refractivity contribution in [2.45, 2.75) is 31.8 Å². The van der Waals surface area contributed by atoms with E-state index in [2.05, 4.69) is 5.32 Å². The Morgan fingerprint density at radius 2 is 2.14 bits per heavy atom. The number of nitrogens with one attached hydrogen (secondary N) is 1. The van der Waals surface area contributed by atoms with E-state index < -0.39 is 6.04 Å². The van der Waals surface area contributed by atoms with Crippen LogP contribution in [0.1, 0.15) is 19.8 Å². The van der Waals surface area contributed by atoms with Gasteiger partial charge in [-0.2, -0.15) is 0 Å². The molecule has 14 heavy (non-hydrogen) atoms. The first-order valence-corrected chi connectivity index (χ1v) is 4.80. The standard InChI is InChI=1S/C9H17N3O2/c1-6(10)9(14)12(2)5-8(13)11-7-3-4-7/h6-7H,3-5,10H2,1-2H3,(H,11,13)/t6-/m1/s1. The third kappa shape index (κ3) is 3.33. The van der Waals surface area contributed by atoms with Gasteiger partial charge in [-0.15, -0.1) is 0 Å². The molecule has 1 fully saturated rings. The molecule has 5 nitrogen and oxygen atoms in total. The van der Waals surface area contributed by atoms with Crippen LogP contribution in [0.4, 0.5) is 0 Å². The molecule has 1 aliphatic carbocycles. The predicted molar refractivity (Wildman–Crippen MR) is 52.5 cm³/mol. The van der Waals surface area contributed by atoms with Crippen LogP contribution in [0.15, 0.2) is 0 Å². The molecule has 1 saturated carbocycles. The van der Waals surface area contributed by atoms with Crippen LogP contribution in [0, 0.1) is 0 Å². The number of nitrogens with zero attached hydrogens (tertiary/aromatic N) is 1. The third-order valence-electron chi connectivity index (χ3n) is 2.09. The number of hydrogen-bond donors (Lipinski definition) is 2. The highest BCUT2D eigenvalue weighted by molar-refractivity contribution is 5.87. The summed E-state index contributed by atoms with van der Waals surface area (Å²) in [5.41, 5.74) is 5.40. The molecule has 1 rings (SSSR count). The van der Waals surface area contributed by atoms with Gasteiger partial charge in [0.25, 0.3) is 0 Å². The number of rotatable bonds is 4. The Bertz CT molecular complexity index is 236. The molecule has 0 heterocycles. The van der Waals surface area contributed by atoms with E-state index >= 15 is 0 Å². The van der Waals surface area contributed by atoms with Crippen LogP contribution >= 0.6 is 0 Å². The van der Waals surface area contributed by atoms with E-state index in [0.29, 0.717) is 6.04 Å². The Morgan fingerprint density at radius 1 is 1.57 bits per heavy atom. The van der Waals surface area contributed by atoms with Gasteiger partial charge in [0.2, 0.25) is 11.8 Å². The third-order valence-corrected chi connectivity index (χ3v) is 2.09. The first-order valence-electron chi connectivity index (χ1n) is 4.80. The van der Waals surface area contributed by atoms with E-state index in [-0.39, 0.29) is 18.4 Å². The van der Waals surface area contributed by atoms with Crippen LogP contribution in [0.5, 0.6) is 0 Å². The molecule has 3 N–H and O–H groups in total. The lowest BCUT2D eigenvalue weighted by molar-refractivity contribution is -0.135. The average Bonchev–Trinajstić information content (AvgIpc) is 2.86. The molecule has 80 valence electrons. The quantitative estimate of drug-likeness (QED) is 0.614. The zero-order valence-corrected chi connectivity index (χ0v) is 8.62. The van der Waals surface area contributed by atoms with Crippen LogP contribution in [0.3, 0.4) is 0 Å². The van der Waals surface area contributed by atoms with Crippen molar-refractivity contribution >= 4 is 11.8 Å². The summed E-state index contributed by atoms with van der Waals surface area (Å²) in [6, 6.07) is -0.213. The molecule has 0 radical (unpaired) electrons. The Labute approximate surface area is 83.6 Å². The van der Waals surface area contributed by atoms with Crippen molar-refractivity contribution in [2.24, 2.45) is 5.73 Å². The maximum atomic E-state index is 11.3. The SMILES string of the molecule is C[C@@H](N)C(=O)N(C)CC(=O)NC1CC1. The van der Waals surface area contributed by atoms with Gasteiger partial charge in [-0.05, 0) is 19.8 Å². The van der Waals surface area contributed by atoms with Gasteiger partial charge in [0.05, 0.1) is 12.6 Å². The van der Waals surface area contributed by atoms with Crippen molar-refractivity contribution in [1.29, 1.82) is 0 Å². The zero-order chi connectivity index (χ0) is 10.7. The largest absolute Gasteiger partial charge is 0.352 e. The van der Waals surface area contributed by atoms with E-state index in [1.807, 2.05) is 0 Å². The first kappa shape index (κ1) is 11.0. The van der Waals surface area contributed by atoms with Crippen LogP contribution in [0.2, 0.25) is 0 Å². The topological polar surface area (TPSA) is 75.4 Å². The first-order chi connectivity index (χ1) is 6.50.